The van der Waals surface area contributed by atoms with Gasteiger partial charge in [-0.3, -0.25) is 0 Å². The van der Waals surface area contributed by atoms with Crippen molar-refractivity contribution in [2.24, 2.45) is 0 Å². The summed E-state index contributed by atoms with van der Waals surface area (Å²) in [5, 5.41) is 0. The average molecular weight is 463 g/mol. The summed E-state index contributed by atoms with van der Waals surface area (Å²) in [6.07, 6.45) is -1.47. The highest BCUT2D eigenvalue weighted by Gasteiger charge is 2.58. The number of hydrogen-bond donors (Lipinski definition) is 0. The number of rotatable bonds is 12. The Kier molecular flexibility index (Phi) is 8.57. The lowest BCUT2D eigenvalue weighted by Crippen LogP contribution is -2.50. The van der Waals surface area contributed by atoms with Gasteiger partial charge in [-0.1, -0.05) is 91.0 Å². The van der Waals surface area contributed by atoms with Gasteiger partial charge in [0.2, 0.25) is 5.79 Å². The summed E-state index contributed by atoms with van der Waals surface area (Å²) in [5.74, 6) is -1.30. The smallest absolute Gasteiger partial charge is 0.222 e. The molecule has 0 bridgehead atoms. The third-order valence-corrected chi connectivity index (χ3v) is 5.84. The summed E-state index contributed by atoms with van der Waals surface area (Å²) in [5.41, 5.74) is 3.01. The van der Waals surface area contributed by atoms with E-state index in [4.69, 9.17) is 23.7 Å². The van der Waals surface area contributed by atoms with E-state index < -0.39 is 24.1 Å². The van der Waals surface area contributed by atoms with Gasteiger partial charge in [0.05, 0.1) is 19.8 Å². The first-order valence-corrected chi connectivity index (χ1v) is 11.3. The molecule has 0 N–H and O–H groups in total. The number of hydrogen-bond acceptors (Lipinski definition) is 6. The van der Waals surface area contributed by atoms with Crippen LogP contribution in [0, 0.1) is 0 Å². The number of aldehydes is 1. The van der Waals surface area contributed by atoms with Crippen LogP contribution in [-0.4, -0.2) is 44.1 Å². The maximum Gasteiger partial charge on any atom is 0.222 e. The highest BCUT2D eigenvalue weighted by Crippen LogP contribution is 2.37. The molecule has 34 heavy (non-hydrogen) atoms. The van der Waals surface area contributed by atoms with E-state index in [1.807, 2.05) is 91.0 Å². The van der Waals surface area contributed by atoms with E-state index >= 15 is 0 Å². The minimum absolute atomic E-state index is 0.0768. The van der Waals surface area contributed by atoms with Gasteiger partial charge in [-0.05, 0) is 16.7 Å². The van der Waals surface area contributed by atoms with Crippen LogP contribution in [0.1, 0.15) is 16.7 Å². The number of carbonyl (C=O) groups is 1. The molecule has 178 valence electrons. The van der Waals surface area contributed by atoms with Gasteiger partial charge in [0.15, 0.2) is 6.29 Å². The summed E-state index contributed by atoms with van der Waals surface area (Å²) in [6, 6.07) is 29.4. The lowest BCUT2D eigenvalue weighted by Gasteiger charge is -2.33. The van der Waals surface area contributed by atoms with Crippen molar-refractivity contribution in [2.45, 2.75) is 43.9 Å². The van der Waals surface area contributed by atoms with Gasteiger partial charge in [-0.2, -0.15) is 0 Å². The van der Waals surface area contributed by atoms with E-state index in [9.17, 15) is 4.79 Å². The van der Waals surface area contributed by atoms with Crippen LogP contribution < -0.4 is 0 Å². The Hall–Kier alpha value is -2.87. The van der Waals surface area contributed by atoms with Gasteiger partial charge >= 0.3 is 0 Å². The molecule has 4 rings (SSSR count). The van der Waals surface area contributed by atoms with Gasteiger partial charge in [-0.25, -0.2) is 0 Å². The molecule has 6 heteroatoms. The van der Waals surface area contributed by atoms with E-state index in [0.717, 1.165) is 23.0 Å². The number of carbonyl (C=O) groups excluding carboxylic acids is 1. The molecule has 6 nitrogen and oxygen atoms in total. The molecule has 0 aromatic heterocycles. The fourth-order valence-electron chi connectivity index (χ4n) is 4.05. The zero-order chi connectivity index (χ0) is 23.6. The Morgan fingerprint density at radius 1 is 0.765 bits per heavy atom. The first kappa shape index (κ1) is 24.3. The quantitative estimate of drug-likeness (QED) is 0.374. The first-order valence-electron chi connectivity index (χ1n) is 11.3. The third kappa shape index (κ3) is 5.97. The van der Waals surface area contributed by atoms with Crippen molar-refractivity contribution in [3.8, 4) is 0 Å². The molecule has 0 spiro atoms. The normalized spacial score (nSPS) is 24.2. The van der Waals surface area contributed by atoms with Crippen LogP contribution in [0.4, 0.5) is 0 Å². The topological polar surface area (TPSA) is 63.2 Å². The molecule has 0 aliphatic carbocycles. The largest absolute Gasteiger partial charge is 0.371 e. The van der Waals surface area contributed by atoms with E-state index in [0.29, 0.717) is 19.8 Å². The molecule has 0 amide bonds. The van der Waals surface area contributed by atoms with Crippen molar-refractivity contribution >= 4 is 6.29 Å². The molecule has 1 unspecified atom stereocenters. The first-order chi connectivity index (χ1) is 16.7. The highest BCUT2D eigenvalue weighted by molar-refractivity contribution is 5.58. The van der Waals surface area contributed by atoms with Crippen LogP contribution >= 0.6 is 0 Å². The van der Waals surface area contributed by atoms with E-state index in [1.165, 1.54) is 7.11 Å². The number of methoxy groups -OCH3 is 1. The minimum Gasteiger partial charge on any atom is -0.371 e. The van der Waals surface area contributed by atoms with E-state index in [-0.39, 0.29) is 6.61 Å². The molecular weight excluding hydrogens is 432 g/mol. The van der Waals surface area contributed by atoms with Crippen molar-refractivity contribution in [1.82, 2.24) is 0 Å². The Balaban J connectivity index is 1.52. The Morgan fingerprint density at radius 3 is 1.76 bits per heavy atom. The Bertz CT molecular complexity index is 997. The van der Waals surface area contributed by atoms with Crippen molar-refractivity contribution < 1.29 is 28.5 Å². The maximum atomic E-state index is 12.0. The van der Waals surface area contributed by atoms with Crippen LogP contribution in [0.25, 0.3) is 0 Å². The summed E-state index contributed by atoms with van der Waals surface area (Å²) in [7, 11) is 1.53. The molecule has 1 aliphatic heterocycles. The monoisotopic (exact) mass is 462 g/mol. The molecule has 1 aliphatic rings. The van der Waals surface area contributed by atoms with Crippen LogP contribution in [0.2, 0.25) is 0 Å². The summed E-state index contributed by atoms with van der Waals surface area (Å²) in [4.78, 5) is 12.0. The fraction of sp³-hybridized carbons (Fsp3) is 0.321. The minimum atomic E-state index is -1.30. The molecule has 1 saturated heterocycles. The summed E-state index contributed by atoms with van der Waals surface area (Å²) < 4.78 is 30.5. The van der Waals surface area contributed by atoms with Gasteiger partial charge < -0.3 is 28.5 Å². The molecular formula is C28H30O6. The predicted octanol–water partition coefficient (Wildman–Crippen LogP) is 4.31. The van der Waals surface area contributed by atoms with E-state index in [2.05, 4.69) is 0 Å². The second kappa shape index (κ2) is 12.0. The summed E-state index contributed by atoms with van der Waals surface area (Å²) in [6.45, 7) is 1.08. The second-order valence-electron chi connectivity index (χ2n) is 8.19. The zero-order valence-electron chi connectivity index (χ0n) is 19.2. The van der Waals surface area contributed by atoms with Crippen LogP contribution in [0.15, 0.2) is 91.0 Å². The molecule has 3 aromatic carbocycles. The Labute approximate surface area is 200 Å². The van der Waals surface area contributed by atoms with E-state index in [1.54, 1.807) is 0 Å². The molecule has 0 saturated carbocycles. The number of benzene rings is 3. The molecule has 1 fully saturated rings. The third-order valence-electron chi connectivity index (χ3n) is 5.84. The molecule has 0 radical (unpaired) electrons. The van der Waals surface area contributed by atoms with Crippen molar-refractivity contribution in [2.75, 3.05) is 13.7 Å². The van der Waals surface area contributed by atoms with Crippen LogP contribution in [0.3, 0.4) is 0 Å². The molecule has 4 atom stereocenters. The van der Waals surface area contributed by atoms with Crippen LogP contribution in [-0.2, 0) is 48.3 Å². The zero-order valence-corrected chi connectivity index (χ0v) is 19.2. The lowest BCUT2D eigenvalue weighted by molar-refractivity contribution is -0.276. The maximum absolute atomic E-state index is 12.0. The van der Waals surface area contributed by atoms with Crippen LogP contribution in [0.5, 0.6) is 0 Å². The Morgan fingerprint density at radius 2 is 1.26 bits per heavy atom. The molecule has 3 aromatic rings. The fourth-order valence-corrected chi connectivity index (χ4v) is 4.05. The van der Waals surface area contributed by atoms with Gasteiger partial charge in [0, 0.05) is 7.11 Å². The van der Waals surface area contributed by atoms with Gasteiger partial charge in [0.25, 0.3) is 0 Å². The van der Waals surface area contributed by atoms with Gasteiger partial charge in [0.1, 0.15) is 24.9 Å². The predicted molar refractivity (Wildman–Crippen MR) is 127 cm³/mol. The lowest BCUT2D eigenvalue weighted by atomic mass is 10.0. The average Bonchev–Trinajstić information content (AvgIpc) is 3.20. The SMILES string of the molecule is COC1(COCc2ccccc2)O[C@H](C=O)[C@@H](OCc2ccccc2)[C@@H]1OCc1ccccc1. The summed E-state index contributed by atoms with van der Waals surface area (Å²) >= 11 is 0. The van der Waals surface area contributed by atoms with Crippen molar-refractivity contribution in [3.05, 3.63) is 108 Å². The standard InChI is InChI=1S/C28H30O6/c1-30-28(21-31-18-22-11-5-2-6-12-22)27(33-20-24-15-9-4-10-16-24)26(25(17-29)34-28)32-19-23-13-7-3-8-14-23/h2-17,25-27H,18-21H2,1H3/t25-,26-,27+,28?/m1/s1. The van der Waals surface area contributed by atoms with Crippen molar-refractivity contribution in [3.63, 3.8) is 0 Å². The molecule has 1 heterocycles. The van der Waals surface area contributed by atoms with Crippen molar-refractivity contribution in [1.29, 1.82) is 0 Å². The highest BCUT2D eigenvalue weighted by atomic mass is 16.8. The van der Waals surface area contributed by atoms with Gasteiger partial charge in [-0.15, -0.1) is 0 Å². The second-order valence-corrected chi connectivity index (χ2v) is 8.19. The number of ether oxygens (including phenoxy) is 5.